The predicted molar refractivity (Wildman–Crippen MR) is 75.8 cm³/mol. The van der Waals surface area contributed by atoms with Crippen molar-refractivity contribution >= 4 is 28.6 Å². The summed E-state index contributed by atoms with van der Waals surface area (Å²) in [6.07, 6.45) is 1.57. The van der Waals surface area contributed by atoms with Gasteiger partial charge in [0.15, 0.2) is 0 Å². The molecule has 7 heteroatoms. The molecular weight excluding hydrogens is 282 g/mol. The lowest BCUT2D eigenvalue weighted by Crippen LogP contribution is -2.00. The van der Waals surface area contributed by atoms with Gasteiger partial charge in [0.1, 0.15) is 6.33 Å². The van der Waals surface area contributed by atoms with Gasteiger partial charge in [-0.05, 0) is 40.8 Å². The summed E-state index contributed by atoms with van der Waals surface area (Å²) in [6.45, 7) is 0.746. The van der Waals surface area contributed by atoms with Gasteiger partial charge in [0, 0.05) is 17.1 Å². The van der Waals surface area contributed by atoms with Crippen molar-refractivity contribution in [3.05, 3.63) is 51.9 Å². The van der Waals surface area contributed by atoms with Gasteiger partial charge in [0.2, 0.25) is 0 Å². The van der Waals surface area contributed by atoms with Gasteiger partial charge in [0.25, 0.3) is 0 Å². The van der Waals surface area contributed by atoms with E-state index in [1.54, 1.807) is 22.3 Å². The number of nitrogens with one attached hydrogen (secondary N) is 1. The Hall–Kier alpha value is -1.92. The van der Waals surface area contributed by atoms with Gasteiger partial charge in [-0.15, -0.1) is 16.4 Å². The monoisotopic (exact) mass is 291 g/mol. The molecule has 0 atom stereocenters. The molecule has 1 aromatic carbocycles. The first-order chi connectivity index (χ1) is 9.31. The second-order valence-corrected chi connectivity index (χ2v) is 5.66. The Morgan fingerprint density at radius 1 is 1.26 bits per heavy atom. The Kier molecular flexibility index (Phi) is 3.43. The van der Waals surface area contributed by atoms with E-state index in [1.807, 2.05) is 36.4 Å². The minimum absolute atomic E-state index is 0.746. The van der Waals surface area contributed by atoms with Crippen molar-refractivity contribution in [3.8, 4) is 5.69 Å². The summed E-state index contributed by atoms with van der Waals surface area (Å²) in [5, 5.41) is 14.5. The SMILES string of the molecule is Clc1ccc(CNc2cccc(-n3cnnn3)c2)s1. The summed E-state index contributed by atoms with van der Waals surface area (Å²) in [6, 6.07) is 11.8. The minimum atomic E-state index is 0.746. The zero-order valence-corrected chi connectivity index (χ0v) is 11.4. The molecule has 0 bridgehead atoms. The highest BCUT2D eigenvalue weighted by Gasteiger charge is 2.01. The van der Waals surface area contributed by atoms with Crippen molar-refractivity contribution in [1.82, 2.24) is 20.2 Å². The number of rotatable bonds is 4. The van der Waals surface area contributed by atoms with Crippen LogP contribution in [-0.4, -0.2) is 20.2 Å². The molecule has 0 fully saturated rings. The first-order valence-electron chi connectivity index (χ1n) is 5.63. The molecule has 0 aliphatic carbocycles. The molecule has 1 N–H and O–H groups in total. The molecule has 0 aliphatic rings. The Bertz CT molecular complexity index is 664. The van der Waals surface area contributed by atoms with Crippen LogP contribution in [-0.2, 0) is 6.54 Å². The maximum absolute atomic E-state index is 5.90. The third-order valence-electron chi connectivity index (χ3n) is 2.56. The molecule has 96 valence electrons. The number of nitrogens with zero attached hydrogens (tertiary/aromatic N) is 4. The average Bonchev–Trinajstić information content (AvgIpc) is 3.08. The third-order valence-corrected chi connectivity index (χ3v) is 3.79. The Balaban J connectivity index is 1.73. The molecule has 0 unspecified atom stereocenters. The van der Waals surface area contributed by atoms with Crippen LogP contribution in [0, 0.1) is 0 Å². The Morgan fingerprint density at radius 3 is 2.95 bits per heavy atom. The lowest BCUT2D eigenvalue weighted by atomic mass is 10.2. The van der Waals surface area contributed by atoms with E-state index >= 15 is 0 Å². The fourth-order valence-electron chi connectivity index (χ4n) is 1.67. The van der Waals surface area contributed by atoms with E-state index in [9.17, 15) is 0 Å². The standard InChI is InChI=1S/C12H10ClN5S/c13-12-5-4-11(19-12)7-14-9-2-1-3-10(6-9)18-8-15-16-17-18/h1-6,8,14H,7H2. The van der Waals surface area contributed by atoms with Crippen LogP contribution >= 0.6 is 22.9 Å². The van der Waals surface area contributed by atoms with E-state index in [-0.39, 0.29) is 0 Å². The Morgan fingerprint density at radius 2 is 2.21 bits per heavy atom. The zero-order chi connectivity index (χ0) is 13.1. The van der Waals surface area contributed by atoms with Crippen molar-refractivity contribution < 1.29 is 0 Å². The molecule has 2 heterocycles. The topological polar surface area (TPSA) is 55.6 Å². The molecule has 19 heavy (non-hydrogen) atoms. The molecule has 0 radical (unpaired) electrons. The van der Waals surface area contributed by atoms with Crippen molar-refractivity contribution in [2.75, 3.05) is 5.32 Å². The van der Waals surface area contributed by atoms with Gasteiger partial charge >= 0.3 is 0 Å². The molecule has 3 aromatic rings. The average molecular weight is 292 g/mol. The van der Waals surface area contributed by atoms with Crippen LogP contribution in [0.2, 0.25) is 4.34 Å². The number of hydrogen-bond donors (Lipinski definition) is 1. The van der Waals surface area contributed by atoms with Crippen LogP contribution < -0.4 is 5.32 Å². The van der Waals surface area contributed by atoms with Crippen molar-refractivity contribution in [2.24, 2.45) is 0 Å². The summed E-state index contributed by atoms with van der Waals surface area (Å²) in [4.78, 5) is 1.19. The lowest BCUT2D eigenvalue weighted by molar-refractivity contribution is 0.789. The van der Waals surface area contributed by atoms with Crippen LogP contribution in [0.4, 0.5) is 5.69 Å². The van der Waals surface area contributed by atoms with E-state index in [1.165, 1.54) is 4.88 Å². The summed E-state index contributed by atoms with van der Waals surface area (Å²) in [7, 11) is 0. The van der Waals surface area contributed by atoms with Crippen LogP contribution in [0.1, 0.15) is 4.88 Å². The Labute approximate surface area is 118 Å². The molecule has 5 nitrogen and oxygen atoms in total. The number of anilines is 1. The molecule has 0 amide bonds. The third kappa shape index (κ3) is 2.91. The van der Waals surface area contributed by atoms with E-state index in [2.05, 4.69) is 20.8 Å². The second kappa shape index (κ2) is 5.38. The van der Waals surface area contributed by atoms with Gasteiger partial charge in [-0.1, -0.05) is 17.7 Å². The molecule has 0 spiro atoms. The first kappa shape index (κ1) is 12.1. The summed E-state index contributed by atoms with van der Waals surface area (Å²) in [5.74, 6) is 0. The van der Waals surface area contributed by atoms with Crippen molar-refractivity contribution in [1.29, 1.82) is 0 Å². The van der Waals surface area contributed by atoms with Crippen LogP contribution in [0.25, 0.3) is 5.69 Å². The quantitative estimate of drug-likeness (QED) is 0.803. The fourth-order valence-corrected chi connectivity index (χ4v) is 2.70. The minimum Gasteiger partial charge on any atom is -0.380 e. The molecule has 0 saturated carbocycles. The molecular formula is C12H10ClN5S. The number of benzene rings is 1. The molecule has 3 rings (SSSR count). The van der Waals surface area contributed by atoms with E-state index in [4.69, 9.17) is 11.6 Å². The smallest absolute Gasteiger partial charge is 0.143 e. The largest absolute Gasteiger partial charge is 0.380 e. The van der Waals surface area contributed by atoms with E-state index in [0.29, 0.717) is 0 Å². The maximum Gasteiger partial charge on any atom is 0.143 e. The van der Waals surface area contributed by atoms with Gasteiger partial charge in [-0.3, -0.25) is 0 Å². The maximum atomic E-state index is 5.90. The van der Waals surface area contributed by atoms with Gasteiger partial charge < -0.3 is 5.32 Å². The molecule has 0 saturated heterocycles. The van der Waals surface area contributed by atoms with Crippen molar-refractivity contribution in [2.45, 2.75) is 6.54 Å². The van der Waals surface area contributed by atoms with Gasteiger partial charge in [-0.25, -0.2) is 4.68 Å². The fraction of sp³-hybridized carbons (Fsp3) is 0.0833. The summed E-state index contributed by atoms with van der Waals surface area (Å²) < 4.78 is 2.42. The number of aromatic nitrogens is 4. The molecule has 0 aliphatic heterocycles. The van der Waals surface area contributed by atoms with Crippen molar-refractivity contribution in [3.63, 3.8) is 0 Å². The van der Waals surface area contributed by atoms with E-state index < -0.39 is 0 Å². The number of hydrogen-bond acceptors (Lipinski definition) is 5. The second-order valence-electron chi connectivity index (χ2n) is 3.86. The zero-order valence-electron chi connectivity index (χ0n) is 9.82. The van der Waals surface area contributed by atoms with Gasteiger partial charge in [-0.2, -0.15) is 0 Å². The number of halogens is 1. The first-order valence-corrected chi connectivity index (χ1v) is 6.82. The highest BCUT2D eigenvalue weighted by molar-refractivity contribution is 7.16. The number of thiophene rings is 1. The van der Waals surface area contributed by atoms with Crippen LogP contribution in [0.15, 0.2) is 42.7 Å². The number of tetrazole rings is 1. The van der Waals surface area contributed by atoms with Crippen LogP contribution in [0.3, 0.4) is 0 Å². The summed E-state index contributed by atoms with van der Waals surface area (Å²) >= 11 is 7.47. The predicted octanol–water partition coefficient (Wildman–Crippen LogP) is 2.99. The van der Waals surface area contributed by atoms with E-state index in [0.717, 1.165) is 22.3 Å². The van der Waals surface area contributed by atoms with Crippen LogP contribution in [0.5, 0.6) is 0 Å². The van der Waals surface area contributed by atoms with Gasteiger partial charge in [0.05, 0.1) is 10.0 Å². The summed E-state index contributed by atoms with van der Waals surface area (Å²) in [5.41, 5.74) is 1.93. The highest BCUT2D eigenvalue weighted by Crippen LogP contribution is 2.22. The molecule has 2 aromatic heterocycles. The highest BCUT2D eigenvalue weighted by atomic mass is 35.5. The normalized spacial score (nSPS) is 10.6. The lowest BCUT2D eigenvalue weighted by Gasteiger charge is -2.06.